The number of rotatable bonds is 4. The third-order valence-corrected chi connectivity index (χ3v) is 3.15. The second kappa shape index (κ2) is 5.55. The number of carbonyl (C=O) groups excluding carboxylic acids is 1. The minimum atomic E-state index is -1.03. The number of allylic oxidation sites excluding steroid dienone is 2. The molecule has 2 N–H and O–H groups in total. The van der Waals surface area contributed by atoms with E-state index in [1.54, 1.807) is 13.8 Å². The fourth-order valence-electron chi connectivity index (χ4n) is 2.12. The van der Waals surface area contributed by atoms with Crippen LogP contribution in [0.5, 0.6) is 0 Å². The first kappa shape index (κ1) is 15.4. The van der Waals surface area contributed by atoms with Gasteiger partial charge >= 0.3 is 5.97 Å². The van der Waals surface area contributed by atoms with Crippen molar-refractivity contribution < 1.29 is 19.8 Å². The molecule has 0 saturated heterocycles. The zero-order chi connectivity index (χ0) is 14.8. The Labute approximate surface area is 113 Å². The van der Waals surface area contributed by atoms with Crippen LogP contribution in [-0.2, 0) is 9.59 Å². The molecular formula is C14H21NO4. The molecule has 1 aliphatic carbocycles. The molecule has 106 valence electrons. The molecule has 0 unspecified atom stereocenters. The van der Waals surface area contributed by atoms with E-state index in [-0.39, 0.29) is 28.4 Å². The van der Waals surface area contributed by atoms with E-state index in [9.17, 15) is 14.7 Å². The number of aliphatic imine (C=N–C) groups is 1. The second-order valence-corrected chi connectivity index (χ2v) is 6.11. The number of Topliss-reactive ketones (excluding diaryl/α,β-unsaturated/α-hetero) is 1. The molecule has 0 bridgehead atoms. The molecule has 1 atom stereocenters. The van der Waals surface area contributed by atoms with E-state index >= 15 is 0 Å². The average molecular weight is 267 g/mol. The number of aliphatic hydroxyl groups is 1. The molecule has 0 aromatic carbocycles. The van der Waals surface area contributed by atoms with Gasteiger partial charge in [0.15, 0.2) is 5.78 Å². The predicted octanol–water partition coefficient (Wildman–Crippen LogP) is 2.37. The molecule has 0 amide bonds. The number of ketones is 1. The molecule has 1 rings (SSSR count). The number of carbonyl (C=O) groups is 2. The summed E-state index contributed by atoms with van der Waals surface area (Å²) in [5.74, 6) is -1.40. The zero-order valence-electron chi connectivity index (χ0n) is 11.8. The molecular weight excluding hydrogens is 246 g/mol. The fourth-order valence-corrected chi connectivity index (χ4v) is 2.12. The molecule has 0 aromatic heterocycles. The van der Waals surface area contributed by atoms with Crippen LogP contribution in [0, 0.1) is 11.3 Å². The quantitative estimate of drug-likeness (QED) is 0.765. The van der Waals surface area contributed by atoms with E-state index in [0.717, 1.165) is 0 Å². The first-order valence-corrected chi connectivity index (χ1v) is 6.35. The highest BCUT2D eigenvalue weighted by atomic mass is 16.4. The Bertz CT molecular complexity index is 446. The van der Waals surface area contributed by atoms with Crippen LogP contribution >= 0.6 is 0 Å². The first-order valence-electron chi connectivity index (χ1n) is 6.35. The van der Waals surface area contributed by atoms with E-state index in [4.69, 9.17) is 5.11 Å². The smallest absolute Gasteiger partial charge is 0.328 e. The van der Waals surface area contributed by atoms with Crippen LogP contribution in [0.3, 0.4) is 0 Å². The van der Waals surface area contributed by atoms with Crippen LogP contribution in [0.25, 0.3) is 0 Å². The summed E-state index contributed by atoms with van der Waals surface area (Å²) < 4.78 is 0. The number of carboxylic acids is 1. The molecule has 0 aromatic rings. The molecule has 0 radical (unpaired) electrons. The Morgan fingerprint density at radius 2 is 1.95 bits per heavy atom. The van der Waals surface area contributed by atoms with Gasteiger partial charge in [-0.2, -0.15) is 0 Å². The van der Waals surface area contributed by atoms with Crippen molar-refractivity contribution in [3.05, 3.63) is 11.3 Å². The predicted molar refractivity (Wildman–Crippen MR) is 72.4 cm³/mol. The number of hydrogen-bond acceptors (Lipinski definition) is 4. The van der Waals surface area contributed by atoms with Gasteiger partial charge < -0.3 is 10.2 Å². The molecule has 0 heterocycles. The Morgan fingerprint density at radius 3 is 2.37 bits per heavy atom. The summed E-state index contributed by atoms with van der Waals surface area (Å²) in [7, 11) is 0. The first-order chi connectivity index (χ1) is 8.64. The minimum Gasteiger partial charge on any atom is -0.511 e. The number of aliphatic carboxylic acids is 1. The van der Waals surface area contributed by atoms with Crippen LogP contribution in [0.1, 0.15) is 40.5 Å². The van der Waals surface area contributed by atoms with Crippen molar-refractivity contribution in [3.8, 4) is 0 Å². The summed E-state index contributed by atoms with van der Waals surface area (Å²) in [4.78, 5) is 26.9. The van der Waals surface area contributed by atoms with E-state index in [0.29, 0.717) is 12.8 Å². The Morgan fingerprint density at radius 1 is 1.37 bits per heavy atom. The fraction of sp³-hybridized carbons (Fsp3) is 0.643. The summed E-state index contributed by atoms with van der Waals surface area (Å²) in [6, 6.07) is -0.900. The van der Waals surface area contributed by atoms with E-state index in [1.165, 1.54) is 6.21 Å². The number of hydrogen-bond donors (Lipinski definition) is 2. The third kappa shape index (κ3) is 3.91. The van der Waals surface area contributed by atoms with Crippen molar-refractivity contribution in [1.29, 1.82) is 0 Å². The van der Waals surface area contributed by atoms with E-state index < -0.39 is 12.0 Å². The van der Waals surface area contributed by atoms with Crippen molar-refractivity contribution in [2.24, 2.45) is 16.3 Å². The van der Waals surface area contributed by atoms with Gasteiger partial charge in [0.25, 0.3) is 0 Å². The summed E-state index contributed by atoms with van der Waals surface area (Å²) in [6.45, 7) is 7.30. The summed E-state index contributed by atoms with van der Waals surface area (Å²) >= 11 is 0. The highest BCUT2D eigenvalue weighted by molar-refractivity contribution is 6.14. The SMILES string of the molecule is CC(C)[C@@H](N=CC1=C(O)CC(C)(C)CC1=O)C(=O)O. The number of aliphatic hydroxyl groups excluding tert-OH is 1. The second-order valence-electron chi connectivity index (χ2n) is 6.11. The third-order valence-electron chi connectivity index (χ3n) is 3.15. The molecule has 1 aliphatic rings. The maximum absolute atomic E-state index is 11.9. The monoisotopic (exact) mass is 267 g/mol. The maximum Gasteiger partial charge on any atom is 0.328 e. The Balaban J connectivity index is 2.98. The van der Waals surface area contributed by atoms with Gasteiger partial charge in [-0.15, -0.1) is 0 Å². The van der Waals surface area contributed by atoms with E-state index in [1.807, 2.05) is 13.8 Å². The average Bonchev–Trinajstić information content (AvgIpc) is 2.19. The number of nitrogens with zero attached hydrogens (tertiary/aromatic N) is 1. The molecule has 0 fully saturated rings. The van der Waals surface area contributed by atoms with Crippen LogP contribution in [-0.4, -0.2) is 34.2 Å². The normalized spacial score (nSPS) is 21.2. The highest BCUT2D eigenvalue weighted by Gasteiger charge is 2.32. The lowest BCUT2D eigenvalue weighted by Crippen LogP contribution is -2.28. The summed E-state index contributed by atoms with van der Waals surface area (Å²) in [5.41, 5.74) is -0.117. The molecule has 5 heteroatoms. The maximum atomic E-state index is 11.9. The van der Waals surface area contributed by atoms with Crippen molar-refractivity contribution in [2.45, 2.75) is 46.6 Å². The van der Waals surface area contributed by atoms with E-state index in [2.05, 4.69) is 4.99 Å². The Kier molecular flexibility index (Phi) is 4.50. The lowest BCUT2D eigenvalue weighted by atomic mass is 9.77. The largest absolute Gasteiger partial charge is 0.511 e. The van der Waals surface area contributed by atoms with Gasteiger partial charge in [-0.1, -0.05) is 27.7 Å². The zero-order valence-corrected chi connectivity index (χ0v) is 11.8. The topological polar surface area (TPSA) is 87.0 Å². The van der Waals surface area contributed by atoms with Crippen molar-refractivity contribution in [3.63, 3.8) is 0 Å². The van der Waals surface area contributed by atoms with Gasteiger partial charge in [0, 0.05) is 19.1 Å². The lowest BCUT2D eigenvalue weighted by Gasteiger charge is -2.28. The van der Waals surface area contributed by atoms with Gasteiger partial charge in [0.1, 0.15) is 11.8 Å². The number of carboxylic acid groups (broad SMARTS) is 1. The van der Waals surface area contributed by atoms with Crippen molar-refractivity contribution in [1.82, 2.24) is 0 Å². The van der Waals surface area contributed by atoms with Crippen LogP contribution in [0.15, 0.2) is 16.3 Å². The van der Waals surface area contributed by atoms with Gasteiger partial charge in [0.05, 0.1) is 5.57 Å². The standard InChI is InChI=1S/C14H21NO4/c1-8(2)12(13(18)19)15-7-9-10(16)5-14(3,4)6-11(9)17/h7-8,12,16H,5-6H2,1-4H3,(H,18,19)/t12-/m1/s1. The molecule has 5 nitrogen and oxygen atoms in total. The van der Waals surface area contributed by atoms with Crippen LogP contribution < -0.4 is 0 Å². The summed E-state index contributed by atoms with van der Waals surface area (Å²) in [5, 5.41) is 18.9. The van der Waals surface area contributed by atoms with Crippen LogP contribution in [0.4, 0.5) is 0 Å². The molecule has 0 aliphatic heterocycles. The van der Waals surface area contributed by atoms with Crippen LogP contribution in [0.2, 0.25) is 0 Å². The van der Waals surface area contributed by atoms with Gasteiger partial charge in [-0.3, -0.25) is 9.79 Å². The van der Waals surface area contributed by atoms with Crippen molar-refractivity contribution in [2.75, 3.05) is 0 Å². The lowest BCUT2D eigenvalue weighted by molar-refractivity contribution is -0.139. The van der Waals surface area contributed by atoms with Gasteiger partial charge in [-0.25, -0.2) is 4.79 Å². The Hall–Kier alpha value is -1.65. The molecule has 19 heavy (non-hydrogen) atoms. The van der Waals surface area contributed by atoms with Crippen molar-refractivity contribution >= 4 is 18.0 Å². The van der Waals surface area contributed by atoms with Gasteiger partial charge in [-0.05, 0) is 11.3 Å². The van der Waals surface area contributed by atoms with Gasteiger partial charge in [0.2, 0.25) is 0 Å². The molecule has 0 spiro atoms. The minimum absolute atomic E-state index is 0.00195. The highest BCUT2D eigenvalue weighted by Crippen LogP contribution is 2.35. The molecule has 0 saturated carbocycles. The summed E-state index contributed by atoms with van der Waals surface area (Å²) in [6.07, 6.45) is 1.95.